The van der Waals surface area contributed by atoms with Gasteiger partial charge < -0.3 is 19.1 Å². The normalized spacial score (nSPS) is 31.7. The molecule has 5 atom stereocenters. The minimum absolute atomic E-state index is 0.0468. The lowest BCUT2D eigenvalue weighted by Crippen LogP contribution is -2.65. The SMILES string of the molecule is C[C@@H]1Oc2nc(Cl)c(F)c3nc(OC[C@]45CCN4CC(F)(F)C5)nc(c23)N2C[C@H]3CC[C@@H]([C@@H]12)N3C(=O)OC(C)(C)C. The first-order valence-corrected chi connectivity index (χ1v) is 14.4. The Hall–Kier alpha value is -2.80. The Morgan fingerprint density at radius 3 is 2.68 bits per heavy atom. The van der Waals surface area contributed by atoms with Crippen LogP contribution in [-0.2, 0) is 4.74 Å². The maximum atomic E-state index is 15.4. The Morgan fingerprint density at radius 2 is 2.00 bits per heavy atom. The number of carbonyl (C=O) groups is 1. The van der Waals surface area contributed by atoms with Crippen LogP contribution in [-0.4, -0.2) is 98.4 Å². The molecule has 0 spiro atoms. The molecule has 2 bridgehead atoms. The molecule has 4 fully saturated rings. The van der Waals surface area contributed by atoms with E-state index in [4.69, 9.17) is 30.8 Å². The van der Waals surface area contributed by atoms with E-state index < -0.39 is 34.1 Å². The van der Waals surface area contributed by atoms with Crippen molar-refractivity contribution in [1.82, 2.24) is 24.8 Å². The zero-order valence-electron chi connectivity index (χ0n) is 23.3. The number of piperazine rings is 1. The molecular formula is C27H32ClF3N6O4. The van der Waals surface area contributed by atoms with Crippen LogP contribution in [0.5, 0.6) is 11.9 Å². The van der Waals surface area contributed by atoms with Crippen LogP contribution in [0.15, 0.2) is 0 Å². The minimum Gasteiger partial charge on any atom is -0.472 e. The number of ether oxygens (including phenoxy) is 3. The molecule has 7 rings (SSSR count). The van der Waals surface area contributed by atoms with Crippen molar-refractivity contribution in [3.63, 3.8) is 0 Å². The van der Waals surface area contributed by atoms with Crippen LogP contribution in [0.4, 0.5) is 23.8 Å². The Bertz CT molecular complexity index is 1440. The third-order valence-corrected chi connectivity index (χ3v) is 9.28. The average molecular weight is 597 g/mol. The first-order chi connectivity index (χ1) is 19.3. The monoisotopic (exact) mass is 596 g/mol. The first-order valence-electron chi connectivity index (χ1n) is 14.0. The minimum atomic E-state index is -2.79. The number of fused-ring (bicyclic) bond motifs is 6. The lowest BCUT2D eigenvalue weighted by atomic mass is 9.85. The van der Waals surface area contributed by atoms with Gasteiger partial charge in [0.2, 0.25) is 5.88 Å². The maximum Gasteiger partial charge on any atom is 0.410 e. The van der Waals surface area contributed by atoms with Gasteiger partial charge >= 0.3 is 12.1 Å². The molecule has 1 amide bonds. The molecule has 2 aromatic rings. The van der Waals surface area contributed by atoms with E-state index in [-0.39, 0.29) is 66.6 Å². The molecule has 14 heteroatoms. The second kappa shape index (κ2) is 8.85. The van der Waals surface area contributed by atoms with E-state index in [9.17, 15) is 13.6 Å². The van der Waals surface area contributed by atoms with Crippen molar-refractivity contribution in [2.45, 2.75) is 94.7 Å². The summed E-state index contributed by atoms with van der Waals surface area (Å²) < 4.78 is 61.8. The molecule has 2 aromatic heterocycles. The molecule has 0 saturated carbocycles. The number of pyridine rings is 1. The number of amides is 1. The molecule has 10 nitrogen and oxygen atoms in total. The second-order valence-corrected chi connectivity index (χ2v) is 13.3. The quantitative estimate of drug-likeness (QED) is 0.478. The number of nitrogens with zero attached hydrogens (tertiary/aromatic N) is 6. The Balaban J connectivity index is 1.27. The summed E-state index contributed by atoms with van der Waals surface area (Å²) in [4.78, 5) is 32.0. The van der Waals surface area contributed by atoms with E-state index in [1.54, 1.807) is 9.80 Å². The van der Waals surface area contributed by atoms with Crippen molar-refractivity contribution in [2.75, 3.05) is 31.1 Å². The highest BCUT2D eigenvalue weighted by Gasteiger charge is 2.60. The topological polar surface area (TPSA) is 93.2 Å². The smallest absolute Gasteiger partial charge is 0.410 e. The highest BCUT2D eigenvalue weighted by Crippen LogP contribution is 2.49. The molecule has 5 aliphatic heterocycles. The van der Waals surface area contributed by atoms with Gasteiger partial charge in [0, 0.05) is 19.5 Å². The van der Waals surface area contributed by atoms with Crippen molar-refractivity contribution in [1.29, 1.82) is 0 Å². The number of halogens is 4. The molecule has 222 valence electrons. The van der Waals surface area contributed by atoms with Gasteiger partial charge in [-0.2, -0.15) is 15.0 Å². The summed E-state index contributed by atoms with van der Waals surface area (Å²) >= 11 is 6.17. The summed E-state index contributed by atoms with van der Waals surface area (Å²) in [6, 6.07) is -0.919. The number of aromatic nitrogens is 3. The fraction of sp³-hybridized carbons (Fsp3) is 0.704. The molecule has 0 radical (unpaired) electrons. The van der Waals surface area contributed by atoms with Crippen LogP contribution in [0.3, 0.4) is 0 Å². The number of rotatable bonds is 3. The lowest BCUT2D eigenvalue weighted by Gasteiger charge is -2.48. The highest BCUT2D eigenvalue weighted by atomic mass is 35.5. The molecule has 0 unspecified atom stereocenters. The first kappa shape index (κ1) is 27.1. The number of hydrogen-bond acceptors (Lipinski definition) is 9. The molecule has 4 saturated heterocycles. The molecule has 41 heavy (non-hydrogen) atoms. The third kappa shape index (κ3) is 4.25. The van der Waals surface area contributed by atoms with Crippen molar-refractivity contribution in [3.05, 3.63) is 11.0 Å². The van der Waals surface area contributed by atoms with Gasteiger partial charge in [-0.1, -0.05) is 11.6 Å². The molecular weight excluding hydrogens is 565 g/mol. The van der Waals surface area contributed by atoms with Gasteiger partial charge in [-0.3, -0.25) is 9.80 Å². The standard InChI is InChI=1S/C27H32ClF3N6O4/c1-13-19-15-6-5-14(37(15)24(38)41-25(2,3)4)9-36(19)21-16-18(17(29)20(28)33-22(16)40-13)32-23(34-21)39-12-26-7-8-35(26)11-27(30,31)10-26/h13-15,19H,5-12H2,1-4H3/t13-,14+,15-,19+,26+/m0/s1. The molecule has 5 aliphatic rings. The zero-order chi connectivity index (χ0) is 29.1. The lowest BCUT2D eigenvalue weighted by molar-refractivity contribution is -0.0132. The molecule has 0 aromatic carbocycles. The van der Waals surface area contributed by atoms with E-state index in [2.05, 4.69) is 9.97 Å². The van der Waals surface area contributed by atoms with Gasteiger partial charge in [-0.05, 0) is 47.0 Å². The fourth-order valence-electron chi connectivity index (χ4n) is 7.32. The maximum absolute atomic E-state index is 15.4. The fourth-order valence-corrected chi connectivity index (χ4v) is 7.49. The predicted molar refractivity (Wildman–Crippen MR) is 142 cm³/mol. The van der Waals surface area contributed by atoms with E-state index in [0.717, 1.165) is 12.8 Å². The van der Waals surface area contributed by atoms with Crippen LogP contribution >= 0.6 is 11.6 Å². The van der Waals surface area contributed by atoms with Crippen molar-refractivity contribution < 1.29 is 32.2 Å². The number of carbonyl (C=O) groups excluding carboxylic acids is 1. The summed E-state index contributed by atoms with van der Waals surface area (Å²) in [5.74, 6) is -3.19. The van der Waals surface area contributed by atoms with E-state index in [0.29, 0.717) is 25.3 Å². The van der Waals surface area contributed by atoms with Crippen molar-refractivity contribution in [2.24, 2.45) is 0 Å². The summed E-state index contributed by atoms with van der Waals surface area (Å²) in [7, 11) is 0. The van der Waals surface area contributed by atoms with Crippen LogP contribution in [0.25, 0.3) is 10.9 Å². The van der Waals surface area contributed by atoms with Crippen molar-refractivity contribution >= 4 is 34.4 Å². The summed E-state index contributed by atoms with van der Waals surface area (Å²) in [5.41, 5.74) is -1.57. The summed E-state index contributed by atoms with van der Waals surface area (Å²) in [5, 5.41) is -0.152. The Morgan fingerprint density at radius 1 is 1.22 bits per heavy atom. The van der Waals surface area contributed by atoms with Gasteiger partial charge in [0.25, 0.3) is 5.92 Å². The zero-order valence-corrected chi connectivity index (χ0v) is 24.1. The number of anilines is 1. The van der Waals surface area contributed by atoms with E-state index >= 15 is 4.39 Å². The van der Waals surface area contributed by atoms with Gasteiger partial charge in [0.1, 0.15) is 35.0 Å². The Labute approximate surface area is 240 Å². The van der Waals surface area contributed by atoms with Gasteiger partial charge in [-0.15, -0.1) is 0 Å². The van der Waals surface area contributed by atoms with Crippen LogP contribution < -0.4 is 14.4 Å². The molecule has 0 N–H and O–H groups in total. The third-order valence-electron chi connectivity index (χ3n) is 9.03. The van der Waals surface area contributed by atoms with E-state index in [1.165, 1.54) is 0 Å². The average Bonchev–Trinajstić information content (AvgIpc) is 3.22. The molecule has 0 aliphatic carbocycles. The van der Waals surface area contributed by atoms with E-state index in [1.807, 2.05) is 32.6 Å². The second-order valence-electron chi connectivity index (χ2n) is 12.9. The Kier molecular flexibility index (Phi) is 5.84. The van der Waals surface area contributed by atoms with Crippen molar-refractivity contribution in [3.8, 4) is 11.9 Å². The summed E-state index contributed by atoms with van der Waals surface area (Å²) in [6.07, 6.45) is 0.873. The molecule has 7 heterocycles. The van der Waals surface area contributed by atoms with Gasteiger partial charge in [0.05, 0.1) is 30.2 Å². The highest BCUT2D eigenvalue weighted by molar-refractivity contribution is 6.30. The van der Waals surface area contributed by atoms with Crippen LogP contribution in [0.1, 0.15) is 53.4 Å². The predicted octanol–water partition coefficient (Wildman–Crippen LogP) is 4.42. The summed E-state index contributed by atoms with van der Waals surface area (Å²) in [6.45, 7) is 7.97. The van der Waals surface area contributed by atoms with Gasteiger partial charge in [0.15, 0.2) is 11.0 Å². The number of alkyl halides is 2. The van der Waals surface area contributed by atoms with Gasteiger partial charge in [-0.25, -0.2) is 18.0 Å². The number of hydrogen-bond donors (Lipinski definition) is 0. The van der Waals surface area contributed by atoms with Crippen LogP contribution in [0.2, 0.25) is 5.15 Å². The van der Waals surface area contributed by atoms with Crippen LogP contribution in [0, 0.1) is 5.82 Å². The largest absolute Gasteiger partial charge is 0.472 e.